The van der Waals surface area contributed by atoms with Gasteiger partial charge in [-0.2, -0.15) is 0 Å². The van der Waals surface area contributed by atoms with Gasteiger partial charge in [-0.1, -0.05) is 170 Å². The molecule has 4 nitrogen and oxygen atoms in total. The van der Waals surface area contributed by atoms with Gasteiger partial charge in [-0.25, -0.2) is 15.0 Å². The van der Waals surface area contributed by atoms with E-state index in [-0.39, 0.29) is 0 Å². The third kappa shape index (κ3) is 5.45. The molecule has 0 fully saturated rings. The first-order valence-corrected chi connectivity index (χ1v) is 17.8. The van der Waals surface area contributed by atoms with Gasteiger partial charge >= 0.3 is 0 Å². The van der Waals surface area contributed by atoms with E-state index in [1.165, 1.54) is 33.0 Å². The Morgan fingerprint density at radius 2 is 0.792 bits per heavy atom. The summed E-state index contributed by atoms with van der Waals surface area (Å²) in [7, 11) is 0. The lowest BCUT2D eigenvalue weighted by Gasteiger charge is -2.16. The van der Waals surface area contributed by atoms with Crippen molar-refractivity contribution in [3.8, 4) is 67.5 Å². The highest BCUT2D eigenvalue weighted by atomic mass is 16.3. The van der Waals surface area contributed by atoms with Crippen LogP contribution in [0.25, 0.3) is 100 Å². The van der Waals surface area contributed by atoms with Crippen LogP contribution in [-0.4, -0.2) is 15.0 Å². The maximum absolute atomic E-state index is 6.42. The van der Waals surface area contributed by atoms with E-state index in [2.05, 4.69) is 127 Å². The molecule has 10 rings (SSSR count). The molecule has 0 saturated carbocycles. The summed E-state index contributed by atoms with van der Waals surface area (Å²) < 4.78 is 6.42. The molecule has 2 heterocycles. The Labute approximate surface area is 306 Å². The Kier molecular flexibility index (Phi) is 7.43. The van der Waals surface area contributed by atoms with Crippen LogP contribution in [0.3, 0.4) is 0 Å². The molecule has 0 unspecified atom stereocenters. The Balaban J connectivity index is 1.13. The SMILES string of the molecule is c1ccc(-c2nc(-c3cccc(-c4ccccc4-c4ccc(-c5ccccc5)c5ccccc45)c3)nc(-c3cccc4c3oc3ccccc34)n2)cc1. The minimum Gasteiger partial charge on any atom is -0.455 e. The van der Waals surface area contributed by atoms with Crippen LogP contribution in [0.5, 0.6) is 0 Å². The zero-order valence-electron chi connectivity index (χ0n) is 28.6. The Bertz CT molecular complexity index is 2950. The molecule has 8 aromatic carbocycles. The van der Waals surface area contributed by atoms with Gasteiger partial charge in [0.1, 0.15) is 11.2 Å². The summed E-state index contributed by atoms with van der Waals surface area (Å²) in [5.41, 5.74) is 11.2. The minimum absolute atomic E-state index is 0.564. The Hall–Kier alpha value is -7.17. The third-order valence-corrected chi connectivity index (χ3v) is 9.97. The average molecular weight is 678 g/mol. The highest BCUT2D eigenvalue weighted by Crippen LogP contribution is 2.41. The van der Waals surface area contributed by atoms with Crippen molar-refractivity contribution in [3.05, 3.63) is 188 Å². The van der Waals surface area contributed by atoms with E-state index in [0.717, 1.165) is 49.8 Å². The predicted octanol–water partition coefficient (Wildman–Crippen LogP) is 12.9. The van der Waals surface area contributed by atoms with Gasteiger partial charge in [0.15, 0.2) is 17.5 Å². The zero-order valence-corrected chi connectivity index (χ0v) is 28.6. The molecule has 0 N–H and O–H groups in total. The second kappa shape index (κ2) is 12.9. The smallest absolute Gasteiger partial charge is 0.167 e. The van der Waals surface area contributed by atoms with Crippen molar-refractivity contribution >= 4 is 32.7 Å². The lowest BCUT2D eigenvalue weighted by molar-refractivity contribution is 0.669. The molecule has 0 aliphatic carbocycles. The van der Waals surface area contributed by atoms with E-state index in [1.54, 1.807) is 0 Å². The molecule has 0 bridgehead atoms. The second-order valence-electron chi connectivity index (χ2n) is 13.2. The first-order valence-electron chi connectivity index (χ1n) is 17.8. The number of hydrogen-bond acceptors (Lipinski definition) is 4. The summed E-state index contributed by atoms with van der Waals surface area (Å²) in [5, 5.41) is 4.54. The summed E-state index contributed by atoms with van der Waals surface area (Å²) in [4.78, 5) is 15.2. The quantitative estimate of drug-likeness (QED) is 0.176. The van der Waals surface area contributed by atoms with Gasteiger partial charge in [0.2, 0.25) is 0 Å². The van der Waals surface area contributed by atoms with Gasteiger partial charge < -0.3 is 4.42 Å². The Morgan fingerprint density at radius 1 is 0.283 bits per heavy atom. The highest BCUT2D eigenvalue weighted by molar-refractivity contribution is 6.09. The fraction of sp³-hybridized carbons (Fsp3) is 0. The van der Waals surface area contributed by atoms with E-state index >= 15 is 0 Å². The summed E-state index contributed by atoms with van der Waals surface area (Å²) in [6.45, 7) is 0. The highest BCUT2D eigenvalue weighted by Gasteiger charge is 2.19. The number of rotatable bonds is 6. The van der Waals surface area contributed by atoms with E-state index in [4.69, 9.17) is 19.4 Å². The summed E-state index contributed by atoms with van der Waals surface area (Å²) in [6.07, 6.45) is 0. The fourth-order valence-corrected chi connectivity index (χ4v) is 7.46. The van der Waals surface area contributed by atoms with E-state index in [1.807, 2.05) is 60.7 Å². The fourth-order valence-electron chi connectivity index (χ4n) is 7.46. The molecule has 0 radical (unpaired) electrons. The van der Waals surface area contributed by atoms with Crippen LogP contribution < -0.4 is 0 Å². The van der Waals surface area contributed by atoms with Crippen LogP contribution in [-0.2, 0) is 0 Å². The van der Waals surface area contributed by atoms with Crippen molar-refractivity contribution < 1.29 is 4.42 Å². The molecule has 248 valence electrons. The van der Waals surface area contributed by atoms with Gasteiger partial charge in [0, 0.05) is 21.9 Å². The largest absolute Gasteiger partial charge is 0.455 e. The molecule has 0 aliphatic heterocycles. The molecule has 0 saturated heterocycles. The molecule has 53 heavy (non-hydrogen) atoms. The summed E-state index contributed by atoms with van der Waals surface area (Å²) in [5.74, 6) is 1.77. The lowest BCUT2D eigenvalue weighted by Crippen LogP contribution is -2.00. The van der Waals surface area contributed by atoms with E-state index in [9.17, 15) is 0 Å². The van der Waals surface area contributed by atoms with Crippen LogP contribution in [0, 0.1) is 0 Å². The third-order valence-electron chi connectivity index (χ3n) is 9.97. The van der Waals surface area contributed by atoms with Crippen molar-refractivity contribution in [2.45, 2.75) is 0 Å². The molecule has 0 aliphatic rings. The number of nitrogens with zero attached hydrogens (tertiary/aromatic N) is 3. The van der Waals surface area contributed by atoms with Crippen molar-refractivity contribution in [3.63, 3.8) is 0 Å². The molecule has 0 spiro atoms. The summed E-state index contributed by atoms with van der Waals surface area (Å²) >= 11 is 0. The van der Waals surface area contributed by atoms with E-state index < -0.39 is 0 Å². The monoisotopic (exact) mass is 677 g/mol. The number of furan rings is 1. The van der Waals surface area contributed by atoms with Crippen molar-refractivity contribution in [1.29, 1.82) is 0 Å². The van der Waals surface area contributed by atoms with Crippen LogP contribution >= 0.6 is 0 Å². The van der Waals surface area contributed by atoms with Gasteiger partial charge in [-0.3, -0.25) is 0 Å². The molecular weight excluding hydrogens is 647 g/mol. The number of fused-ring (bicyclic) bond motifs is 4. The van der Waals surface area contributed by atoms with Gasteiger partial charge in [0.05, 0.1) is 5.56 Å². The van der Waals surface area contributed by atoms with Crippen LogP contribution in [0.2, 0.25) is 0 Å². The first-order chi connectivity index (χ1) is 26.3. The number of hydrogen-bond donors (Lipinski definition) is 0. The minimum atomic E-state index is 0.564. The molecule has 0 atom stereocenters. The van der Waals surface area contributed by atoms with Crippen molar-refractivity contribution in [2.75, 3.05) is 0 Å². The maximum atomic E-state index is 6.42. The Morgan fingerprint density at radius 3 is 1.58 bits per heavy atom. The molecule has 0 amide bonds. The normalized spacial score (nSPS) is 11.4. The number of para-hydroxylation sites is 2. The topological polar surface area (TPSA) is 51.8 Å². The first kappa shape index (κ1) is 30.6. The van der Waals surface area contributed by atoms with Gasteiger partial charge in [-0.15, -0.1) is 0 Å². The molecular formula is C49H31N3O. The summed E-state index contributed by atoms with van der Waals surface area (Å²) in [6, 6.07) is 65.3. The van der Waals surface area contributed by atoms with Gasteiger partial charge in [0.25, 0.3) is 0 Å². The van der Waals surface area contributed by atoms with Crippen molar-refractivity contribution in [1.82, 2.24) is 15.0 Å². The van der Waals surface area contributed by atoms with Crippen molar-refractivity contribution in [2.24, 2.45) is 0 Å². The lowest BCUT2D eigenvalue weighted by atomic mass is 9.88. The average Bonchev–Trinajstić information content (AvgIpc) is 3.63. The predicted molar refractivity (Wildman–Crippen MR) is 217 cm³/mol. The van der Waals surface area contributed by atoms with Gasteiger partial charge in [-0.05, 0) is 62.4 Å². The molecule has 4 heteroatoms. The standard InChI is InChI=1S/C49H31N3O/c1-3-15-32(16-4-1)37-29-30-41(40-24-10-9-23-39(37)40)38-22-8-7-21-36(38)34-19-13-20-35(31-34)48-50-47(33-17-5-2-6-18-33)51-49(52-48)44-27-14-26-43-42-25-11-12-28-45(42)53-46(43)44/h1-31H. The van der Waals surface area contributed by atoms with Crippen LogP contribution in [0.4, 0.5) is 0 Å². The molecule has 10 aromatic rings. The molecule has 2 aromatic heterocycles. The van der Waals surface area contributed by atoms with E-state index in [0.29, 0.717) is 17.5 Å². The van der Waals surface area contributed by atoms with Crippen LogP contribution in [0.1, 0.15) is 0 Å². The zero-order chi connectivity index (χ0) is 35.1. The maximum Gasteiger partial charge on any atom is 0.167 e. The second-order valence-corrected chi connectivity index (χ2v) is 13.2. The number of benzene rings is 8. The van der Waals surface area contributed by atoms with Crippen LogP contribution in [0.15, 0.2) is 192 Å². The number of aromatic nitrogens is 3.